The minimum absolute atomic E-state index is 0.0643. The molecular formula is C8H9ClN2OS. The normalized spacial score (nSPS) is 15.7. The second-order valence-corrected chi connectivity index (χ2v) is 4.85. The van der Waals surface area contributed by atoms with E-state index in [0.717, 1.165) is 5.69 Å². The SMILES string of the molecule is CC(C)N1Cc2nc(Cl)sc2C1=O. The van der Waals surface area contributed by atoms with Gasteiger partial charge in [-0.15, -0.1) is 0 Å². The summed E-state index contributed by atoms with van der Waals surface area (Å²) in [6.07, 6.45) is 0. The number of carbonyl (C=O) groups excluding carboxylic acids is 1. The third-order valence-corrected chi connectivity index (χ3v) is 3.26. The second-order valence-electron chi connectivity index (χ2n) is 3.27. The molecule has 0 N–H and O–H groups in total. The number of aromatic nitrogens is 1. The van der Waals surface area contributed by atoms with Crippen LogP contribution in [-0.4, -0.2) is 21.8 Å². The first kappa shape index (κ1) is 8.97. The Morgan fingerprint density at radius 3 is 2.85 bits per heavy atom. The number of fused-ring (bicyclic) bond motifs is 1. The summed E-state index contributed by atoms with van der Waals surface area (Å²) in [5, 5.41) is 0. The zero-order valence-corrected chi connectivity index (χ0v) is 8.95. The van der Waals surface area contributed by atoms with Crippen molar-refractivity contribution in [3.05, 3.63) is 15.0 Å². The van der Waals surface area contributed by atoms with Crippen LogP contribution < -0.4 is 0 Å². The highest BCUT2D eigenvalue weighted by atomic mass is 35.5. The van der Waals surface area contributed by atoms with Crippen molar-refractivity contribution in [2.75, 3.05) is 0 Å². The van der Waals surface area contributed by atoms with Crippen molar-refractivity contribution in [2.45, 2.75) is 26.4 Å². The number of amides is 1. The summed E-state index contributed by atoms with van der Waals surface area (Å²) in [6.45, 7) is 4.60. The lowest BCUT2D eigenvalue weighted by molar-refractivity contribution is 0.0733. The van der Waals surface area contributed by atoms with Crippen LogP contribution >= 0.6 is 22.9 Å². The number of carbonyl (C=O) groups is 1. The van der Waals surface area contributed by atoms with E-state index in [0.29, 0.717) is 15.9 Å². The minimum Gasteiger partial charge on any atom is -0.330 e. The molecule has 5 heteroatoms. The summed E-state index contributed by atoms with van der Waals surface area (Å²) in [5.74, 6) is 0.0643. The summed E-state index contributed by atoms with van der Waals surface area (Å²) >= 11 is 6.98. The van der Waals surface area contributed by atoms with Crippen molar-refractivity contribution in [1.82, 2.24) is 9.88 Å². The molecule has 1 aromatic rings. The molecule has 0 spiro atoms. The molecule has 70 valence electrons. The van der Waals surface area contributed by atoms with Gasteiger partial charge < -0.3 is 4.90 Å². The summed E-state index contributed by atoms with van der Waals surface area (Å²) in [5.41, 5.74) is 0.828. The van der Waals surface area contributed by atoms with Gasteiger partial charge in [0.1, 0.15) is 4.88 Å². The molecule has 13 heavy (non-hydrogen) atoms. The number of rotatable bonds is 1. The van der Waals surface area contributed by atoms with Crippen molar-refractivity contribution in [2.24, 2.45) is 0 Å². The maximum absolute atomic E-state index is 11.7. The highest BCUT2D eigenvalue weighted by Gasteiger charge is 2.32. The Hall–Kier alpha value is -0.610. The van der Waals surface area contributed by atoms with Crippen molar-refractivity contribution in [1.29, 1.82) is 0 Å². The van der Waals surface area contributed by atoms with Crippen LogP contribution in [0.5, 0.6) is 0 Å². The number of halogens is 1. The highest BCUT2D eigenvalue weighted by Crippen LogP contribution is 2.31. The average Bonchev–Trinajstić information content (AvgIpc) is 2.51. The Bertz CT molecular complexity index is 361. The van der Waals surface area contributed by atoms with Gasteiger partial charge in [-0.3, -0.25) is 4.79 Å². The second kappa shape index (κ2) is 2.96. The first-order valence-electron chi connectivity index (χ1n) is 4.05. The number of hydrogen-bond donors (Lipinski definition) is 0. The molecule has 0 radical (unpaired) electrons. The van der Waals surface area contributed by atoms with Crippen molar-refractivity contribution >= 4 is 28.8 Å². The van der Waals surface area contributed by atoms with Gasteiger partial charge in [0, 0.05) is 6.04 Å². The Labute approximate surface area is 85.3 Å². The summed E-state index contributed by atoms with van der Waals surface area (Å²) in [7, 11) is 0. The molecular weight excluding hydrogens is 208 g/mol. The molecule has 0 bridgehead atoms. The molecule has 1 aromatic heterocycles. The van der Waals surface area contributed by atoms with E-state index in [1.807, 2.05) is 13.8 Å². The van der Waals surface area contributed by atoms with Gasteiger partial charge in [-0.1, -0.05) is 22.9 Å². The molecule has 2 rings (SSSR count). The maximum atomic E-state index is 11.7. The highest BCUT2D eigenvalue weighted by molar-refractivity contribution is 7.17. The van der Waals surface area contributed by atoms with Gasteiger partial charge in [-0.05, 0) is 13.8 Å². The first-order chi connectivity index (χ1) is 6.09. The minimum atomic E-state index is 0.0643. The number of hydrogen-bond acceptors (Lipinski definition) is 3. The molecule has 1 amide bonds. The Kier molecular flexibility index (Phi) is 2.04. The van der Waals surface area contributed by atoms with Gasteiger partial charge in [-0.2, -0.15) is 0 Å². The third-order valence-electron chi connectivity index (χ3n) is 2.07. The molecule has 0 aromatic carbocycles. The summed E-state index contributed by atoms with van der Waals surface area (Å²) in [6, 6.07) is 0.229. The van der Waals surface area contributed by atoms with E-state index in [1.54, 1.807) is 4.90 Å². The van der Waals surface area contributed by atoms with E-state index >= 15 is 0 Å². The Balaban J connectivity index is 2.35. The molecule has 0 unspecified atom stereocenters. The van der Waals surface area contributed by atoms with Crippen LogP contribution in [0.1, 0.15) is 29.2 Å². The van der Waals surface area contributed by atoms with Crippen molar-refractivity contribution in [3.8, 4) is 0 Å². The van der Waals surface area contributed by atoms with Crippen LogP contribution in [0.3, 0.4) is 0 Å². The van der Waals surface area contributed by atoms with Gasteiger partial charge in [0.25, 0.3) is 5.91 Å². The fourth-order valence-electron chi connectivity index (χ4n) is 1.38. The lowest BCUT2D eigenvalue weighted by Gasteiger charge is -2.19. The van der Waals surface area contributed by atoms with Crippen LogP contribution in [0.2, 0.25) is 4.47 Å². The van der Waals surface area contributed by atoms with E-state index in [-0.39, 0.29) is 11.9 Å². The molecule has 0 atom stereocenters. The number of nitrogens with zero attached hydrogens (tertiary/aromatic N) is 2. The van der Waals surface area contributed by atoms with E-state index in [4.69, 9.17) is 11.6 Å². The molecule has 0 saturated heterocycles. The molecule has 0 saturated carbocycles. The lowest BCUT2D eigenvalue weighted by Crippen LogP contribution is -2.30. The predicted molar refractivity (Wildman–Crippen MR) is 52.1 cm³/mol. The fourth-order valence-corrected chi connectivity index (χ4v) is 2.47. The van der Waals surface area contributed by atoms with Crippen LogP contribution in [0.25, 0.3) is 0 Å². The van der Waals surface area contributed by atoms with Gasteiger partial charge >= 0.3 is 0 Å². The topological polar surface area (TPSA) is 33.2 Å². The first-order valence-corrected chi connectivity index (χ1v) is 5.25. The van der Waals surface area contributed by atoms with Crippen LogP contribution in [-0.2, 0) is 6.54 Å². The third kappa shape index (κ3) is 1.34. The van der Waals surface area contributed by atoms with Crippen LogP contribution in [0, 0.1) is 0 Å². The molecule has 3 nitrogen and oxygen atoms in total. The Morgan fingerprint density at radius 1 is 1.62 bits per heavy atom. The van der Waals surface area contributed by atoms with E-state index in [1.165, 1.54) is 11.3 Å². The van der Waals surface area contributed by atoms with Crippen LogP contribution in [0.15, 0.2) is 0 Å². The standard InChI is InChI=1S/C8H9ClN2OS/c1-4(2)11-3-5-6(7(11)12)13-8(9)10-5/h4H,3H2,1-2H3. The van der Waals surface area contributed by atoms with E-state index < -0.39 is 0 Å². The van der Waals surface area contributed by atoms with Gasteiger partial charge in [0.05, 0.1) is 12.2 Å². The summed E-state index contributed by atoms with van der Waals surface area (Å²) < 4.78 is 0.460. The summed E-state index contributed by atoms with van der Waals surface area (Å²) in [4.78, 5) is 18.3. The van der Waals surface area contributed by atoms with E-state index in [2.05, 4.69) is 4.98 Å². The zero-order chi connectivity index (χ0) is 9.59. The van der Waals surface area contributed by atoms with Gasteiger partial charge in [-0.25, -0.2) is 4.98 Å². The van der Waals surface area contributed by atoms with Gasteiger partial charge in [0.2, 0.25) is 0 Å². The fraction of sp³-hybridized carbons (Fsp3) is 0.500. The van der Waals surface area contributed by atoms with Crippen LogP contribution in [0.4, 0.5) is 0 Å². The lowest BCUT2D eigenvalue weighted by atomic mass is 10.3. The molecule has 0 fully saturated rings. The predicted octanol–water partition coefficient (Wildman–Crippen LogP) is 2.16. The average molecular weight is 217 g/mol. The molecule has 1 aliphatic rings. The monoisotopic (exact) mass is 216 g/mol. The Morgan fingerprint density at radius 2 is 2.31 bits per heavy atom. The zero-order valence-electron chi connectivity index (χ0n) is 7.37. The van der Waals surface area contributed by atoms with Crippen molar-refractivity contribution in [3.63, 3.8) is 0 Å². The largest absolute Gasteiger partial charge is 0.330 e. The molecule has 0 aliphatic carbocycles. The maximum Gasteiger partial charge on any atom is 0.266 e. The molecule has 1 aliphatic heterocycles. The van der Waals surface area contributed by atoms with Crippen molar-refractivity contribution < 1.29 is 4.79 Å². The number of thiazole rings is 1. The van der Waals surface area contributed by atoms with E-state index in [9.17, 15) is 4.79 Å². The smallest absolute Gasteiger partial charge is 0.266 e. The van der Waals surface area contributed by atoms with Gasteiger partial charge in [0.15, 0.2) is 4.47 Å². The molecule has 2 heterocycles. The quantitative estimate of drug-likeness (QED) is 0.721.